The molecule has 0 aliphatic rings. The third kappa shape index (κ3) is 4.43. The number of carboxylic acid groups (broad SMARTS) is 1. The van der Waals surface area contributed by atoms with Crippen LogP contribution in [0.3, 0.4) is 0 Å². The van der Waals surface area contributed by atoms with Crippen molar-refractivity contribution >= 4 is 17.7 Å². The Morgan fingerprint density at radius 1 is 1.47 bits per heavy atom. The van der Waals surface area contributed by atoms with Crippen molar-refractivity contribution in [3.8, 4) is 5.75 Å². The Bertz CT molecular complexity index is 480. The summed E-state index contributed by atoms with van der Waals surface area (Å²) in [6.07, 6.45) is -1.70. The highest BCUT2D eigenvalue weighted by Gasteiger charge is 2.14. The van der Waals surface area contributed by atoms with Crippen molar-refractivity contribution in [2.75, 3.05) is 19.0 Å². The van der Waals surface area contributed by atoms with E-state index in [2.05, 4.69) is 10.6 Å². The second kappa shape index (κ2) is 6.55. The molecule has 8 heteroatoms. The van der Waals surface area contributed by atoms with Crippen LogP contribution in [0.2, 0.25) is 0 Å². The van der Waals surface area contributed by atoms with Gasteiger partial charge in [-0.2, -0.15) is 0 Å². The van der Waals surface area contributed by atoms with Gasteiger partial charge in [-0.25, -0.2) is 14.0 Å². The molecule has 0 saturated carbocycles. The lowest BCUT2D eigenvalue weighted by atomic mass is 10.3. The number of aliphatic hydroxyl groups excluding tert-OH is 1. The summed E-state index contributed by atoms with van der Waals surface area (Å²) in [5, 5.41) is 21.7. The van der Waals surface area contributed by atoms with Gasteiger partial charge < -0.3 is 25.6 Å². The number of nitrogens with one attached hydrogen (secondary N) is 2. The van der Waals surface area contributed by atoms with Crippen LogP contribution in [0.5, 0.6) is 5.75 Å². The van der Waals surface area contributed by atoms with Gasteiger partial charge in [0.2, 0.25) is 0 Å². The average molecular weight is 272 g/mol. The zero-order valence-electron chi connectivity index (χ0n) is 10.0. The van der Waals surface area contributed by atoms with Crippen LogP contribution in [0.4, 0.5) is 14.9 Å². The number of hydrogen-bond acceptors (Lipinski definition) is 4. The predicted octanol–water partition coefficient (Wildman–Crippen LogP) is 0.401. The van der Waals surface area contributed by atoms with Gasteiger partial charge in [0.1, 0.15) is 0 Å². The van der Waals surface area contributed by atoms with Gasteiger partial charge in [0.25, 0.3) is 0 Å². The van der Waals surface area contributed by atoms with Gasteiger partial charge in [0, 0.05) is 11.8 Å². The highest BCUT2D eigenvalue weighted by Crippen LogP contribution is 2.20. The van der Waals surface area contributed by atoms with Crippen molar-refractivity contribution in [1.29, 1.82) is 0 Å². The smallest absolute Gasteiger partial charge is 0.334 e. The van der Waals surface area contributed by atoms with Crippen LogP contribution in [0, 0.1) is 5.82 Å². The number of carbonyl (C=O) groups excluding carboxylic acids is 1. The third-order valence-corrected chi connectivity index (χ3v) is 2.15. The minimum Gasteiger partial charge on any atom is -0.494 e. The van der Waals surface area contributed by atoms with Gasteiger partial charge >= 0.3 is 12.0 Å². The lowest BCUT2D eigenvalue weighted by Gasteiger charge is -2.10. The fourth-order valence-corrected chi connectivity index (χ4v) is 1.20. The van der Waals surface area contributed by atoms with Gasteiger partial charge in [-0.15, -0.1) is 0 Å². The Morgan fingerprint density at radius 3 is 2.68 bits per heavy atom. The zero-order valence-corrected chi connectivity index (χ0v) is 10.0. The number of methoxy groups -OCH3 is 1. The number of rotatable bonds is 5. The molecule has 0 aliphatic carbocycles. The normalized spacial score (nSPS) is 11.5. The van der Waals surface area contributed by atoms with Crippen LogP contribution in [0.25, 0.3) is 0 Å². The standard InChI is InChI=1S/C11H13FN2O5/c1-19-9-3-2-6(4-7(9)12)14-11(18)13-5-8(15)10(16)17/h2-4,8,15H,5H2,1H3,(H,16,17)(H2,13,14,18)/t8-/m0/s1. The van der Waals surface area contributed by atoms with E-state index in [1.54, 1.807) is 0 Å². The molecular formula is C11H13FN2O5. The Hall–Kier alpha value is -2.35. The molecule has 0 aromatic heterocycles. The zero-order chi connectivity index (χ0) is 14.4. The van der Waals surface area contributed by atoms with Gasteiger partial charge in [0.05, 0.1) is 13.7 Å². The molecule has 19 heavy (non-hydrogen) atoms. The summed E-state index contributed by atoms with van der Waals surface area (Å²) in [4.78, 5) is 21.6. The molecule has 0 radical (unpaired) electrons. The number of amides is 2. The Labute approximate surface area is 108 Å². The van der Waals surface area contributed by atoms with E-state index < -0.39 is 30.5 Å². The van der Waals surface area contributed by atoms with Crippen molar-refractivity contribution in [2.24, 2.45) is 0 Å². The van der Waals surface area contributed by atoms with E-state index in [1.807, 2.05) is 0 Å². The van der Waals surface area contributed by atoms with E-state index in [1.165, 1.54) is 19.2 Å². The number of aliphatic hydroxyl groups is 1. The summed E-state index contributed by atoms with van der Waals surface area (Å²) in [6.45, 7) is -0.459. The molecule has 2 amide bonds. The quantitative estimate of drug-likeness (QED) is 0.620. The van der Waals surface area contributed by atoms with Gasteiger partial charge in [-0.1, -0.05) is 0 Å². The molecule has 1 rings (SSSR count). The van der Waals surface area contributed by atoms with Crippen LogP contribution in [-0.2, 0) is 4.79 Å². The fourth-order valence-electron chi connectivity index (χ4n) is 1.20. The molecule has 4 N–H and O–H groups in total. The van der Waals surface area contributed by atoms with Crippen LogP contribution >= 0.6 is 0 Å². The minimum atomic E-state index is -1.70. The van der Waals surface area contributed by atoms with E-state index in [0.717, 1.165) is 6.07 Å². The number of halogens is 1. The molecule has 0 spiro atoms. The summed E-state index contributed by atoms with van der Waals surface area (Å²) < 4.78 is 18.0. The first-order chi connectivity index (χ1) is 8.93. The number of carbonyl (C=O) groups is 2. The van der Waals surface area contributed by atoms with E-state index >= 15 is 0 Å². The summed E-state index contributed by atoms with van der Waals surface area (Å²) in [6, 6.07) is 3.03. The fraction of sp³-hybridized carbons (Fsp3) is 0.273. The maximum atomic E-state index is 13.3. The molecule has 0 heterocycles. The van der Waals surface area contributed by atoms with Crippen LogP contribution in [0.1, 0.15) is 0 Å². The van der Waals surface area contributed by atoms with Crippen molar-refractivity contribution in [3.05, 3.63) is 24.0 Å². The average Bonchev–Trinajstić information content (AvgIpc) is 2.36. The monoisotopic (exact) mass is 272 g/mol. The Morgan fingerprint density at radius 2 is 2.16 bits per heavy atom. The van der Waals surface area contributed by atoms with Crippen molar-refractivity contribution < 1.29 is 28.9 Å². The van der Waals surface area contributed by atoms with E-state index in [0.29, 0.717) is 0 Å². The summed E-state index contributed by atoms with van der Waals surface area (Å²) >= 11 is 0. The molecule has 7 nitrogen and oxygen atoms in total. The molecule has 0 fully saturated rings. The molecule has 1 atom stereocenters. The number of carboxylic acids is 1. The summed E-state index contributed by atoms with van der Waals surface area (Å²) in [5.74, 6) is -2.06. The lowest BCUT2D eigenvalue weighted by Crippen LogP contribution is -2.38. The number of benzene rings is 1. The molecule has 0 saturated heterocycles. The van der Waals surface area contributed by atoms with Gasteiger partial charge in [0.15, 0.2) is 17.7 Å². The predicted molar refractivity (Wildman–Crippen MR) is 63.6 cm³/mol. The van der Waals surface area contributed by atoms with E-state index in [-0.39, 0.29) is 11.4 Å². The molecule has 0 unspecified atom stereocenters. The molecule has 1 aromatic carbocycles. The molecule has 1 aromatic rings. The molecule has 104 valence electrons. The number of anilines is 1. The maximum absolute atomic E-state index is 13.3. The molecule has 0 aliphatic heterocycles. The van der Waals surface area contributed by atoms with E-state index in [4.69, 9.17) is 14.9 Å². The van der Waals surface area contributed by atoms with Crippen molar-refractivity contribution in [2.45, 2.75) is 6.10 Å². The first-order valence-corrected chi connectivity index (χ1v) is 5.23. The molecular weight excluding hydrogens is 259 g/mol. The van der Waals surface area contributed by atoms with Crippen LogP contribution in [-0.4, -0.2) is 42.0 Å². The van der Waals surface area contributed by atoms with Crippen molar-refractivity contribution in [1.82, 2.24) is 5.32 Å². The van der Waals surface area contributed by atoms with Crippen LogP contribution < -0.4 is 15.4 Å². The minimum absolute atomic E-state index is 0.0345. The lowest BCUT2D eigenvalue weighted by molar-refractivity contribution is -0.146. The van der Waals surface area contributed by atoms with Gasteiger partial charge in [-0.05, 0) is 12.1 Å². The number of aliphatic carboxylic acids is 1. The largest absolute Gasteiger partial charge is 0.494 e. The number of hydrogen-bond donors (Lipinski definition) is 4. The van der Waals surface area contributed by atoms with E-state index in [9.17, 15) is 14.0 Å². The SMILES string of the molecule is COc1ccc(NC(=O)NC[C@H](O)C(=O)O)cc1F. The third-order valence-electron chi connectivity index (χ3n) is 2.15. The highest BCUT2D eigenvalue weighted by atomic mass is 19.1. The first-order valence-electron chi connectivity index (χ1n) is 5.23. The Kier molecular flexibility index (Phi) is 5.07. The number of ether oxygens (including phenoxy) is 1. The van der Waals surface area contributed by atoms with Gasteiger partial charge in [-0.3, -0.25) is 0 Å². The van der Waals surface area contributed by atoms with Crippen LogP contribution in [0.15, 0.2) is 18.2 Å². The second-order valence-corrected chi connectivity index (χ2v) is 3.54. The Balaban J connectivity index is 2.53. The number of urea groups is 1. The maximum Gasteiger partial charge on any atom is 0.334 e. The highest BCUT2D eigenvalue weighted by molar-refractivity contribution is 5.89. The second-order valence-electron chi connectivity index (χ2n) is 3.54. The summed E-state index contributed by atoms with van der Waals surface area (Å²) in [5.41, 5.74) is 0.167. The van der Waals surface area contributed by atoms with Crippen molar-refractivity contribution in [3.63, 3.8) is 0 Å². The summed E-state index contributed by atoms with van der Waals surface area (Å²) in [7, 11) is 1.31. The topological polar surface area (TPSA) is 108 Å². The molecule has 0 bridgehead atoms. The first kappa shape index (κ1) is 14.7.